The number of fused-ring (bicyclic) bond motifs is 1. The summed E-state index contributed by atoms with van der Waals surface area (Å²) in [6, 6.07) is 0. The predicted molar refractivity (Wildman–Crippen MR) is 51.0 cm³/mol. The standard InChI is InChI=1S/C6H9N7O/c7-4-3-5(12-6(8)11-4)10-1-2(14)13(3)9/h1,6,12H,8-9H2,(H2,7,11). The molecule has 0 aliphatic carbocycles. The Morgan fingerprint density at radius 1 is 1.57 bits per heavy atom. The molecule has 0 aromatic carbocycles. The van der Waals surface area contributed by atoms with Crippen LogP contribution in [0.4, 0.5) is 5.82 Å². The van der Waals surface area contributed by atoms with Crippen LogP contribution in [0.15, 0.2) is 16.0 Å². The molecule has 0 saturated heterocycles. The van der Waals surface area contributed by atoms with Gasteiger partial charge >= 0.3 is 0 Å². The second kappa shape index (κ2) is 2.70. The summed E-state index contributed by atoms with van der Waals surface area (Å²) in [4.78, 5) is 18.7. The largest absolute Gasteiger partial charge is 0.382 e. The Kier molecular flexibility index (Phi) is 1.64. The topological polar surface area (TPSA) is 137 Å². The summed E-state index contributed by atoms with van der Waals surface area (Å²) < 4.78 is 0.875. The first-order chi connectivity index (χ1) is 6.59. The van der Waals surface area contributed by atoms with Crippen molar-refractivity contribution in [2.75, 3.05) is 11.2 Å². The van der Waals surface area contributed by atoms with Crippen molar-refractivity contribution in [1.82, 2.24) is 9.66 Å². The number of aromatic nitrogens is 2. The van der Waals surface area contributed by atoms with E-state index >= 15 is 0 Å². The van der Waals surface area contributed by atoms with Gasteiger partial charge in [-0.1, -0.05) is 0 Å². The molecule has 1 aromatic heterocycles. The average molecular weight is 195 g/mol. The number of anilines is 1. The van der Waals surface area contributed by atoms with Gasteiger partial charge in [-0.25, -0.2) is 14.7 Å². The zero-order valence-electron chi connectivity index (χ0n) is 7.14. The lowest BCUT2D eigenvalue weighted by molar-refractivity contribution is 0.766. The van der Waals surface area contributed by atoms with Crippen LogP contribution < -0.4 is 28.2 Å². The Hall–Kier alpha value is -2.09. The van der Waals surface area contributed by atoms with E-state index in [4.69, 9.17) is 17.3 Å². The van der Waals surface area contributed by atoms with Crippen LogP contribution in [0.2, 0.25) is 0 Å². The smallest absolute Gasteiger partial charge is 0.287 e. The molecular weight excluding hydrogens is 186 g/mol. The van der Waals surface area contributed by atoms with Crippen LogP contribution in [-0.2, 0) is 0 Å². The minimum Gasteiger partial charge on any atom is -0.382 e. The van der Waals surface area contributed by atoms with Crippen molar-refractivity contribution in [1.29, 1.82) is 0 Å². The van der Waals surface area contributed by atoms with Gasteiger partial charge in [-0.3, -0.25) is 10.5 Å². The molecule has 2 rings (SSSR count). The highest BCUT2D eigenvalue weighted by Crippen LogP contribution is 2.12. The first-order valence-corrected chi connectivity index (χ1v) is 3.82. The molecule has 1 unspecified atom stereocenters. The number of hydrogen-bond donors (Lipinski definition) is 4. The fourth-order valence-electron chi connectivity index (χ4n) is 1.20. The number of nitrogens with one attached hydrogen (secondary N) is 1. The third kappa shape index (κ3) is 1.09. The maximum absolute atomic E-state index is 11.1. The summed E-state index contributed by atoms with van der Waals surface area (Å²) >= 11 is 0. The van der Waals surface area contributed by atoms with E-state index in [9.17, 15) is 4.79 Å². The van der Waals surface area contributed by atoms with Crippen molar-refractivity contribution < 1.29 is 0 Å². The first-order valence-electron chi connectivity index (χ1n) is 3.82. The number of nitrogen functional groups attached to an aromatic ring is 1. The van der Waals surface area contributed by atoms with E-state index in [1.54, 1.807) is 0 Å². The number of amidine groups is 1. The molecule has 2 heterocycles. The van der Waals surface area contributed by atoms with Gasteiger partial charge in [0.05, 0.1) is 6.20 Å². The molecule has 8 heteroatoms. The third-order valence-electron chi connectivity index (χ3n) is 1.81. The van der Waals surface area contributed by atoms with Crippen LogP contribution in [0.1, 0.15) is 5.69 Å². The highest BCUT2D eigenvalue weighted by atomic mass is 16.1. The highest BCUT2D eigenvalue weighted by molar-refractivity contribution is 6.01. The second-order valence-corrected chi connectivity index (χ2v) is 2.77. The molecule has 1 aliphatic heterocycles. The molecule has 0 spiro atoms. The van der Waals surface area contributed by atoms with Gasteiger partial charge in [-0.15, -0.1) is 0 Å². The monoisotopic (exact) mass is 195 g/mol. The first kappa shape index (κ1) is 8.51. The van der Waals surface area contributed by atoms with Crippen LogP contribution in [0.25, 0.3) is 0 Å². The van der Waals surface area contributed by atoms with Gasteiger partial charge in [0.1, 0.15) is 5.69 Å². The van der Waals surface area contributed by atoms with Crippen molar-refractivity contribution in [3.63, 3.8) is 0 Å². The van der Waals surface area contributed by atoms with Crippen LogP contribution >= 0.6 is 0 Å². The Morgan fingerprint density at radius 2 is 2.29 bits per heavy atom. The van der Waals surface area contributed by atoms with Crippen LogP contribution in [0.5, 0.6) is 0 Å². The molecule has 1 atom stereocenters. The number of nitrogens with two attached hydrogens (primary N) is 3. The Bertz CT molecular complexity index is 462. The summed E-state index contributed by atoms with van der Waals surface area (Å²) in [5.74, 6) is 5.91. The van der Waals surface area contributed by atoms with Crippen molar-refractivity contribution in [2.24, 2.45) is 16.5 Å². The van der Waals surface area contributed by atoms with Crippen LogP contribution in [0.3, 0.4) is 0 Å². The minimum absolute atomic E-state index is 0.0963. The maximum atomic E-state index is 11.1. The molecule has 1 aliphatic rings. The molecule has 1 aromatic rings. The fourth-order valence-corrected chi connectivity index (χ4v) is 1.20. The van der Waals surface area contributed by atoms with Crippen LogP contribution in [-0.4, -0.2) is 21.8 Å². The molecule has 14 heavy (non-hydrogen) atoms. The normalized spacial score (nSPS) is 19.5. The Balaban J connectivity index is 2.70. The van der Waals surface area contributed by atoms with E-state index < -0.39 is 11.8 Å². The molecular formula is C6H9N7O. The molecule has 74 valence electrons. The molecule has 0 amide bonds. The number of hydrogen-bond acceptors (Lipinski definition) is 7. The Morgan fingerprint density at radius 3 is 3.00 bits per heavy atom. The van der Waals surface area contributed by atoms with E-state index in [1.165, 1.54) is 0 Å². The lowest BCUT2D eigenvalue weighted by Crippen LogP contribution is -2.43. The molecule has 0 radical (unpaired) electrons. The number of aliphatic imine (C=N–C) groups is 1. The van der Waals surface area contributed by atoms with Gasteiger partial charge < -0.3 is 16.9 Å². The average Bonchev–Trinajstić information content (AvgIpc) is 2.10. The van der Waals surface area contributed by atoms with E-state index in [2.05, 4.69) is 15.3 Å². The summed E-state index contributed by atoms with van der Waals surface area (Å²) in [6.45, 7) is 0. The number of nitrogens with zero attached hydrogens (tertiary/aromatic N) is 3. The summed E-state index contributed by atoms with van der Waals surface area (Å²) in [5, 5.41) is 2.72. The lowest BCUT2D eigenvalue weighted by Gasteiger charge is -2.20. The van der Waals surface area contributed by atoms with Gasteiger partial charge in [0.2, 0.25) is 0 Å². The van der Waals surface area contributed by atoms with E-state index in [0.717, 1.165) is 10.9 Å². The molecule has 8 nitrogen and oxygen atoms in total. The zero-order chi connectivity index (χ0) is 10.3. The van der Waals surface area contributed by atoms with Crippen molar-refractivity contribution in [3.8, 4) is 0 Å². The SMILES string of the molecule is NC1=NC(N)Nc2ncc(=O)n(N)c21. The van der Waals surface area contributed by atoms with Gasteiger partial charge in [-0.05, 0) is 0 Å². The van der Waals surface area contributed by atoms with E-state index in [1.807, 2.05) is 0 Å². The molecule has 0 bridgehead atoms. The van der Waals surface area contributed by atoms with Gasteiger partial charge in [0, 0.05) is 0 Å². The van der Waals surface area contributed by atoms with Crippen LogP contribution in [0, 0.1) is 0 Å². The second-order valence-electron chi connectivity index (χ2n) is 2.77. The summed E-state index contributed by atoms with van der Waals surface area (Å²) in [7, 11) is 0. The van der Waals surface area contributed by atoms with Gasteiger partial charge in [-0.2, -0.15) is 0 Å². The van der Waals surface area contributed by atoms with Gasteiger partial charge in [0.25, 0.3) is 5.56 Å². The zero-order valence-corrected chi connectivity index (χ0v) is 7.14. The fraction of sp³-hybridized carbons (Fsp3) is 0.167. The number of rotatable bonds is 0. The maximum Gasteiger partial charge on any atom is 0.287 e. The highest BCUT2D eigenvalue weighted by Gasteiger charge is 2.20. The van der Waals surface area contributed by atoms with Crippen molar-refractivity contribution in [2.45, 2.75) is 6.29 Å². The third-order valence-corrected chi connectivity index (χ3v) is 1.81. The Labute approximate surface area is 78.4 Å². The quantitative estimate of drug-likeness (QED) is 0.333. The lowest BCUT2D eigenvalue weighted by atomic mass is 10.3. The van der Waals surface area contributed by atoms with Crippen molar-refractivity contribution >= 4 is 11.7 Å². The molecule has 0 fully saturated rings. The van der Waals surface area contributed by atoms with Crippen molar-refractivity contribution in [3.05, 3.63) is 22.2 Å². The summed E-state index contributed by atoms with van der Waals surface area (Å²) in [5.41, 5.74) is 10.8. The van der Waals surface area contributed by atoms with Gasteiger partial charge in [0.15, 0.2) is 17.9 Å². The molecule has 0 saturated carbocycles. The minimum atomic E-state index is -0.660. The van der Waals surface area contributed by atoms with E-state index in [0.29, 0.717) is 5.82 Å². The summed E-state index contributed by atoms with van der Waals surface area (Å²) in [6.07, 6.45) is 0.421. The van der Waals surface area contributed by atoms with E-state index in [-0.39, 0.29) is 11.5 Å². The predicted octanol–water partition coefficient (Wildman–Crippen LogP) is -2.67. The molecule has 7 N–H and O–H groups in total.